The molecule has 0 radical (unpaired) electrons. The van der Waals surface area contributed by atoms with Crippen molar-refractivity contribution in [3.63, 3.8) is 0 Å². The van der Waals surface area contributed by atoms with Gasteiger partial charge in [-0.15, -0.1) is 5.06 Å². The number of hydrogen-bond acceptors (Lipinski definition) is 12. The summed E-state index contributed by atoms with van der Waals surface area (Å²) < 4.78 is 45.6. The van der Waals surface area contributed by atoms with Gasteiger partial charge in [0.25, 0.3) is 5.88 Å². The number of hydrogen-bond donors (Lipinski definition) is 1. The fourth-order valence-corrected chi connectivity index (χ4v) is 4.00. The van der Waals surface area contributed by atoms with E-state index in [0.29, 0.717) is 43.2 Å². The van der Waals surface area contributed by atoms with Crippen molar-refractivity contribution in [3.8, 4) is 17.4 Å². The van der Waals surface area contributed by atoms with E-state index in [9.17, 15) is 13.2 Å². The van der Waals surface area contributed by atoms with Gasteiger partial charge in [0, 0.05) is 38.3 Å². The lowest BCUT2D eigenvalue weighted by molar-refractivity contribution is -0.151. The summed E-state index contributed by atoms with van der Waals surface area (Å²) >= 11 is 0. The zero-order chi connectivity index (χ0) is 25.6. The average molecular weight is 511 g/mol. The van der Waals surface area contributed by atoms with Gasteiger partial charge in [0.1, 0.15) is 18.2 Å². The number of carbonyl (C=O) groups is 1. The van der Waals surface area contributed by atoms with Crippen molar-refractivity contribution in [2.75, 3.05) is 38.9 Å². The Morgan fingerprint density at radius 3 is 2.46 bits per heavy atom. The molecule has 0 atom stereocenters. The molecule has 0 unspecified atom stereocenters. The summed E-state index contributed by atoms with van der Waals surface area (Å²) in [5.74, 6) is 1.16. The summed E-state index contributed by atoms with van der Waals surface area (Å²) in [5, 5.41) is 4.63. The van der Waals surface area contributed by atoms with Crippen LogP contribution in [0.1, 0.15) is 26.7 Å². The number of ether oxygens (including phenoxy) is 4. The molecule has 35 heavy (non-hydrogen) atoms. The maximum Gasteiger partial charge on any atom is 0.528 e. The lowest BCUT2D eigenvalue weighted by atomic mass is 10.1. The summed E-state index contributed by atoms with van der Waals surface area (Å²) in [6.45, 7) is 4.45. The lowest BCUT2D eigenvalue weighted by Crippen LogP contribution is -2.40. The normalized spacial score (nSPS) is 14.9. The Kier molecular flexibility index (Phi) is 8.57. The van der Waals surface area contributed by atoms with E-state index in [1.165, 1.54) is 32.7 Å². The standard InChI is InChI=1S/C22H30N4O8S/c1-14(2)32-22(27)34-26-10-8-15(9-11-26)33-21-19(31-4)20(23-13-24-21)25-17-7-6-16(35(5,28)29)12-18(17)30-3/h6-7,12-15H,8-11H2,1-5H3,(H,23,24,25). The summed E-state index contributed by atoms with van der Waals surface area (Å²) in [6.07, 6.45) is 2.47. The van der Waals surface area contributed by atoms with Gasteiger partial charge in [-0.1, -0.05) is 0 Å². The highest BCUT2D eigenvalue weighted by atomic mass is 32.2. The number of rotatable bonds is 9. The average Bonchev–Trinajstić information content (AvgIpc) is 2.79. The van der Waals surface area contributed by atoms with Crippen LogP contribution in [0.3, 0.4) is 0 Å². The Morgan fingerprint density at radius 2 is 1.86 bits per heavy atom. The predicted octanol–water partition coefficient (Wildman–Crippen LogP) is 2.96. The molecule has 3 rings (SSSR count). The van der Waals surface area contributed by atoms with Crippen LogP contribution in [-0.2, 0) is 19.4 Å². The molecule has 12 nitrogen and oxygen atoms in total. The van der Waals surface area contributed by atoms with Gasteiger partial charge in [-0.2, -0.15) is 4.98 Å². The van der Waals surface area contributed by atoms with Crippen molar-refractivity contribution < 1.29 is 37.0 Å². The molecule has 0 bridgehead atoms. The van der Waals surface area contributed by atoms with Crippen LogP contribution in [-0.4, -0.2) is 75.4 Å². The van der Waals surface area contributed by atoms with E-state index in [1.807, 2.05) is 0 Å². The first-order valence-electron chi connectivity index (χ1n) is 10.9. The van der Waals surface area contributed by atoms with Gasteiger partial charge in [-0.3, -0.25) is 0 Å². The van der Waals surface area contributed by atoms with Crippen molar-refractivity contribution in [1.82, 2.24) is 15.0 Å². The van der Waals surface area contributed by atoms with Crippen molar-refractivity contribution in [2.24, 2.45) is 0 Å². The lowest BCUT2D eigenvalue weighted by Gasteiger charge is -2.30. The number of carbonyl (C=O) groups excluding carboxylic acids is 1. The molecule has 1 N–H and O–H groups in total. The third kappa shape index (κ3) is 7.09. The number of piperidine rings is 1. The molecule has 1 aromatic carbocycles. The molecule has 1 fully saturated rings. The van der Waals surface area contributed by atoms with E-state index in [4.69, 9.17) is 23.8 Å². The van der Waals surface area contributed by atoms with Crippen LogP contribution in [0.2, 0.25) is 0 Å². The third-order valence-corrected chi connectivity index (χ3v) is 6.15. The van der Waals surface area contributed by atoms with Crippen molar-refractivity contribution in [1.29, 1.82) is 0 Å². The van der Waals surface area contributed by atoms with Gasteiger partial charge in [-0.25, -0.2) is 18.2 Å². The molecule has 192 valence electrons. The quantitative estimate of drug-likeness (QED) is 0.496. The Hall–Kier alpha value is -3.32. The van der Waals surface area contributed by atoms with Crippen LogP contribution in [0.15, 0.2) is 29.4 Å². The van der Waals surface area contributed by atoms with Crippen molar-refractivity contribution >= 4 is 27.5 Å². The SMILES string of the molecule is COc1cc(S(C)(=O)=O)ccc1Nc1ncnc(OC2CCN(OC(=O)OC(C)C)CC2)c1OC. The van der Waals surface area contributed by atoms with Crippen LogP contribution < -0.4 is 19.5 Å². The molecular formula is C22H30N4O8S. The molecule has 13 heteroatoms. The first-order valence-corrected chi connectivity index (χ1v) is 12.8. The van der Waals surface area contributed by atoms with Gasteiger partial charge < -0.3 is 29.1 Å². The molecule has 1 aromatic heterocycles. The summed E-state index contributed by atoms with van der Waals surface area (Å²) in [7, 11) is -0.482. The van der Waals surface area contributed by atoms with Crippen LogP contribution >= 0.6 is 0 Å². The van der Waals surface area contributed by atoms with Crippen LogP contribution in [0.25, 0.3) is 0 Å². The van der Waals surface area contributed by atoms with E-state index < -0.39 is 16.0 Å². The number of nitrogens with one attached hydrogen (secondary N) is 1. The Balaban J connectivity index is 1.69. The molecule has 2 heterocycles. The zero-order valence-electron chi connectivity index (χ0n) is 20.3. The molecule has 0 spiro atoms. The fraction of sp³-hybridized carbons (Fsp3) is 0.500. The minimum atomic E-state index is -3.39. The second kappa shape index (κ2) is 11.4. The topological polar surface area (TPSA) is 138 Å². The Bertz CT molecular complexity index is 1130. The minimum absolute atomic E-state index is 0.131. The largest absolute Gasteiger partial charge is 0.528 e. The fourth-order valence-electron chi connectivity index (χ4n) is 3.37. The molecule has 0 aliphatic carbocycles. The molecule has 1 saturated heterocycles. The predicted molar refractivity (Wildman–Crippen MR) is 126 cm³/mol. The van der Waals surface area contributed by atoms with Crippen molar-refractivity contribution in [3.05, 3.63) is 24.5 Å². The highest BCUT2D eigenvalue weighted by molar-refractivity contribution is 7.90. The number of hydroxylamine groups is 2. The molecule has 0 saturated carbocycles. The van der Waals surface area contributed by atoms with E-state index >= 15 is 0 Å². The maximum absolute atomic E-state index is 11.9. The van der Waals surface area contributed by atoms with E-state index in [-0.39, 0.29) is 28.7 Å². The number of anilines is 2. The van der Waals surface area contributed by atoms with E-state index in [1.54, 1.807) is 25.0 Å². The summed E-state index contributed by atoms with van der Waals surface area (Å²) in [6, 6.07) is 4.48. The number of methoxy groups -OCH3 is 2. The van der Waals surface area contributed by atoms with E-state index in [0.717, 1.165) is 6.26 Å². The van der Waals surface area contributed by atoms with Crippen molar-refractivity contribution in [2.45, 2.75) is 43.8 Å². The monoisotopic (exact) mass is 510 g/mol. The minimum Gasteiger partial charge on any atom is -0.495 e. The van der Waals surface area contributed by atoms with Gasteiger partial charge in [-0.05, 0) is 26.0 Å². The first kappa shape index (κ1) is 26.3. The van der Waals surface area contributed by atoms with Crippen LogP contribution in [0.5, 0.6) is 17.4 Å². The Labute approximate surface area is 204 Å². The van der Waals surface area contributed by atoms with Gasteiger partial charge in [0.15, 0.2) is 15.7 Å². The first-order chi connectivity index (χ1) is 16.6. The third-order valence-electron chi connectivity index (χ3n) is 5.04. The zero-order valence-corrected chi connectivity index (χ0v) is 21.1. The number of nitrogens with zero attached hydrogens (tertiary/aromatic N) is 3. The number of sulfone groups is 1. The van der Waals surface area contributed by atoms with E-state index in [2.05, 4.69) is 15.3 Å². The highest BCUT2D eigenvalue weighted by Crippen LogP contribution is 2.37. The summed E-state index contributed by atoms with van der Waals surface area (Å²) in [5.41, 5.74) is 0.488. The van der Waals surface area contributed by atoms with Gasteiger partial charge in [0.05, 0.1) is 30.9 Å². The number of benzene rings is 1. The van der Waals surface area contributed by atoms with Gasteiger partial charge >= 0.3 is 6.16 Å². The molecule has 2 aromatic rings. The smallest absolute Gasteiger partial charge is 0.495 e. The molecule has 1 aliphatic heterocycles. The second-order valence-corrected chi connectivity index (χ2v) is 10.1. The maximum atomic E-state index is 11.9. The molecule has 1 aliphatic rings. The highest BCUT2D eigenvalue weighted by Gasteiger charge is 2.26. The Morgan fingerprint density at radius 1 is 1.14 bits per heavy atom. The van der Waals surface area contributed by atoms with Crippen LogP contribution in [0.4, 0.5) is 16.3 Å². The second-order valence-electron chi connectivity index (χ2n) is 8.07. The van der Waals surface area contributed by atoms with Crippen LogP contribution in [0, 0.1) is 0 Å². The molecule has 0 amide bonds. The number of aromatic nitrogens is 2. The molecular weight excluding hydrogens is 480 g/mol. The summed E-state index contributed by atoms with van der Waals surface area (Å²) in [4.78, 5) is 25.4. The van der Waals surface area contributed by atoms with Gasteiger partial charge in [0.2, 0.25) is 5.75 Å².